The van der Waals surface area contributed by atoms with Crippen LogP contribution in [-0.2, 0) is 13.0 Å². The fraction of sp³-hybridized carbons (Fsp3) is 0.500. The Balaban J connectivity index is 1.96. The lowest BCUT2D eigenvalue weighted by Gasteiger charge is -2.30. The van der Waals surface area contributed by atoms with Crippen LogP contribution in [0.25, 0.3) is 0 Å². The van der Waals surface area contributed by atoms with Gasteiger partial charge in [-0.3, -0.25) is 4.90 Å². The van der Waals surface area contributed by atoms with Crippen LogP contribution in [-0.4, -0.2) is 22.6 Å². The Bertz CT molecular complexity index is 582. The van der Waals surface area contributed by atoms with E-state index in [1.807, 2.05) is 0 Å². The molecule has 118 valence electrons. The smallest absolute Gasteiger partial charge is 0.0756 e. The van der Waals surface area contributed by atoms with Gasteiger partial charge >= 0.3 is 0 Å². The van der Waals surface area contributed by atoms with Gasteiger partial charge in [-0.15, -0.1) is 0 Å². The van der Waals surface area contributed by atoms with Crippen molar-refractivity contribution in [1.82, 2.24) is 9.47 Å². The summed E-state index contributed by atoms with van der Waals surface area (Å²) in [5, 5.41) is 0. The molecule has 1 aliphatic rings. The van der Waals surface area contributed by atoms with Crippen molar-refractivity contribution in [3.63, 3.8) is 0 Å². The number of aromatic nitrogens is 1. The highest BCUT2D eigenvalue weighted by molar-refractivity contribution is 5.32. The molecule has 0 fully saturated rings. The third-order valence-corrected chi connectivity index (χ3v) is 4.86. The summed E-state index contributed by atoms with van der Waals surface area (Å²) < 4.78 is 2.45. The van der Waals surface area contributed by atoms with Crippen LogP contribution in [0.5, 0.6) is 0 Å². The number of hydrogen-bond acceptors (Lipinski definition) is 1. The van der Waals surface area contributed by atoms with Crippen molar-refractivity contribution in [2.45, 2.75) is 52.1 Å². The van der Waals surface area contributed by atoms with E-state index in [2.05, 4.69) is 65.9 Å². The summed E-state index contributed by atoms with van der Waals surface area (Å²) in [7, 11) is 0. The molecule has 1 aliphatic heterocycles. The van der Waals surface area contributed by atoms with E-state index < -0.39 is 0 Å². The molecule has 1 atom stereocenters. The predicted octanol–water partition coefficient (Wildman–Crippen LogP) is 4.65. The number of hydrogen-bond donors (Lipinski definition) is 0. The summed E-state index contributed by atoms with van der Waals surface area (Å²) >= 11 is 0. The lowest BCUT2D eigenvalue weighted by Crippen LogP contribution is -2.30. The van der Waals surface area contributed by atoms with E-state index in [-0.39, 0.29) is 0 Å². The maximum absolute atomic E-state index is 2.68. The number of unbranched alkanes of at least 4 members (excludes halogenated alkanes) is 1. The second-order valence-corrected chi connectivity index (χ2v) is 6.37. The molecule has 0 spiro atoms. The zero-order valence-corrected chi connectivity index (χ0v) is 14.0. The van der Waals surface area contributed by atoms with Gasteiger partial charge in [0.15, 0.2) is 0 Å². The van der Waals surface area contributed by atoms with Gasteiger partial charge in [0, 0.05) is 25.0 Å². The molecule has 3 rings (SSSR count). The molecule has 0 aliphatic carbocycles. The van der Waals surface area contributed by atoms with Crippen LogP contribution in [0.1, 0.15) is 56.0 Å². The van der Waals surface area contributed by atoms with E-state index in [0.29, 0.717) is 6.04 Å². The van der Waals surface area contributed by atoms with Gasteiger partial charge in [0.1, 0.15) is 0 Å². The first-order valence-electron chi connectivity index (χ1n) is 8.81. The van der Waals surface area contributed by atoms with Crippen LogP contribution in [0.4, 0.5) is 0 Å². The molecule has 0 radical (unpaired) electrons. The van der Waals surface area contributed by atoms with Gasteiger partial charge in [0.25, 0.3) is 0 Å². The zero-order chi connectivity index (χ0) is 15.4. The van der Waals surface area contributed by atoms with E-state index in [1.165, 1.54) is 49.2 Å². The topological polar surface area (TPSA) is 8.17 Å². The fourth-order valence-electron chi connectivity index (χ4n) is 3.56. The Morgan fingerprint density at radius 3 is 2.59 bits per heavy atom. The van der Waals surface area contributed by atoms with Crippen LogP contribution >= 0.6 is 0 Å². The van der Waals surface area contributed by atoms with Gasteiger partial charge < -0.3 is 4.57 Å². The first kappa shape index (κ1) is 15.4. The quantitative estimate of drug-likeness (QED) is 0.780. The van der Waals surface area contributed by atoms with Gasteiger partial charge in [0.2, 0.25) is 0 Å². The Morgan fingerprint density at radius 2 is 1.86 bits per heavy atom. The van der Waals surface area contributed by atoms with Crippen LogP contribution < -0.4 is 0 Å². The first-order chi connectivity index (χ1) is 10.8. The normalized spacial score (nSPS) is 18.9. The van der Waals surface area contributed by atoms with Crippen LogP contribution in [0.3, 0.4) is 0 Å². The summed E-state index contributed by atoms with van der Waals surface area (Å²) in [4.78, 5) is 2.68. The van der Waals surface area contributed by atoms with Gasteiger partial charge in [-0.25, -0.2) is 0 Å². The minimum Gasteiger partial charge on any atom is -0.350 e. The maximum atomic E-state index is 2.68. The van der Waals surface area contributed by atoms with E-state index in [0.717, 1.165) is 13.0 Å². The molecule has 0 N–H and O–H groups in total. The van der Waals surface area contributed by atoms with E-state index in [1.54, 1.807) is 0 Å². The summed E-state index contributed by atoms with van der Waals surface area (Å²) in [6.45, 7) is 8.04. The fourth-order valence-corrected chi connectivity index (χ4v) is 3.56. The lowest BCUT2D eigenvalue weighted by molar-refractivity contribution is 0.226. The molecule has 0 saturated heterocycles. The van der Waals surface area contributed by atoms with Crippen molar-refractivity contribution in [1.29, 1.82) is 0 Å². The second kappa shape index (κ2) is 7.15. The molecule has 1 aromatic heterocycles. The number of nitrogens with zero attached hydrogens (tertiary/aromatic N) is 2. The molecule has 0 saturated carbocycles. The van der Waals surface area contributed by atoms with Gasteiger partial charge in [-0.1, -0.05) is 44.5 Å². The minimum atomic E-state index is 0.412. The van der Waals surface area contributed by atoms with Crippen molar-refractivity contribution in [3.05, 3.63) is 59.4 Å². The second-order valence-electron chi connectivity index (χ2n) is 6.37. The molecule has 2 heterocycles. The molecular weight excluding hydrogens is 268 g/mol. The Morgan fingerprint density at radius 1 is 1.05 bits per heavy atom. The maximum Gasteiger partial charge on any atom is 0.0756 e. The number of benzene rings is 1. The summed E-state index contributed by atoms with van der Waals surface area (Å²) in [6, 6.07) is 14.2. The van der Waals surface area contributed by atoms with Crippen molar-refractivity contribution in [3.8, 4) is 0 Å². The predicted molar refractivity (Wildman–Crippen MR) is 93.2 cm³/mol. The number of fused-ring (bicyclic) bond motifs is 1. The minimum absolute atomic E-state index is 0.412. The number of rotatable bonds is 5. The van der Waals surface area contributed by atoms with Crippen molar-refractivity contribution in [2.75, 3.05) is 13.1 Å². The van der Waals surface area contributed by atoms with Crippen molar-refractivity contribution < 1.29 is 0 Å². The van der Waals surface area contributed by atoms with Gasteiger partial charge in [-0.2, -0.15) is 0 Å². The van der Waals surface area contributed by atoms with Gasteiger partial charge in [-0.05, 0) is 49.1 Å². The molecule has 1 aromatic carbocycles. The zero-order valence-electron chi connectivity index (χ0n) is 14.0. The Labute approximate surface area is 134 Å². The molecule has 2 nitrogen and oxygen atoms in total. The standard InChI is InChI=1S/C20H28N2/c1-3-5-13-22-16-7-15-21-14-6-8-19(21)20(22)18-11-9-17(4-2)10-12-18/h6,8-12,14,20H,3-5,7,13,15-16H2,1-2H3. The Hall–Kier alpha value is -1.54. The van der Waals surface area contributed by atoms with E-state index in [4.69, 9.17) is 0 Å². The third-order valence-electron chi connectivity index (χ3n) is 4.86. The molecule has 0 amide bonds. The highest BCUT2D eigenvalue weighted by Gasteiger charge is 2.26. The summed E-state index contributed by atoms with van der Waals surface area (Å²) in [5.41, 5.74) is 4.32. The van der Waals surface area contributed by atoms with Crippen molar-refractivity contribution >= 4 is 0 Å². The largest absolute Gasteiger partial charge is 0.350 e. The molecule has 1 unspecified atom stereocenters. The van der Waals surface area contributed by atoms with Crippen LogP contribution in [0, 0.1) is 0 Å². The average molecular weight is 296 g/mol. The molecule has 2 aromatic rings. The SMILES string of the molecule is CCCCN1CCCn2cccc2C1c1ccc(CC)cc1. The highest BCUT2D eigenvalue weighted by Crippen LogP contribution is 2.32. The van der Waals surface area contributed by atoms with Crippen molar-refractivity contribution in [2.24, 2.45) is 0 Å². The van der Waals surface area contributed by atoms with E-state index in [9.17, 15) is 0 Å². The van der Waals surface area contributed by atoms with E-state index >= 15 is 0 Å². The summed E-state index contributed by atoms with van der Waals surface area (Å²) in [5.74, 6) is 0. The van der Waals surface area contributed by atoms with Crippen LogP contribution in [0.2, 0.25) is 0 Å². The monoisotopic (exact) mass is 296 g/mol. The summed E-state index contributed by atoms with van der Waals surface area (Å²) in [6.07, 6.45) is 7.14. The molecule has 2 heteroatoms. The van der Waals surface area contributed by atoms with Gasteiger partial charge in [0.05, 0.1) is 6.04 Å². The first-order valence-corrected chi connectivity index (χ1v) is 8.81. The molecular formula is C20H28N2. The average Bonchev–Trinajstić information content (AvgIpc) is 2.94. The van der Waals surface area contributed by atoms with Crippen LogP contribution in [0.15, 0.2) is 42.6 Å². The third kappa shape index (κ3) is 3.12. The Kier molecular flexibility index (Phi) is 4.99. The molecule has 0 bridgehead atoms. The molecule has 22 heavy (non-hydrogen) atoms. The number of aryl methyl sites for hydroxylation is 2. The lowest BCUT2D eigenvalue weighted by atomic mass is 9.99. The highest BCUT2D eigenvalue weighted by atomic mass is 15.2.